The topological polar surface area (TPSA) is 51.2 Å². The molecule has 2 aliphatic carbocycles. The van der Waals surface area contributed by atoms with Gasteiger partial charge in [-0.05, 0) is 45.0 Å². The van der Waals surface area contributed by atoms with Gasteiger partial charge in [0, 0.05) is 22.9 Å². The molecule has 0 saturated carbocycles. The number of hydrogen-bond donors (Lipinski definition) is 1. The summed E-state index contributed by atoms with van der Waals surface area (Å²) in [5.41, 5.74) is 2.43. The van der Waals surface area contributed by atoms with Crippen LogP contribution in [0.5, 0.6) is 11.5 Å². The summed E-state index contributed by atoms with van der Waals surface area (Å²) in [5.74, 6) is 1.75. The van der Waals surface area contributed by atoms with Crippen LogP contribution < -0.4 is 9.62 Å². The van der Waals surface area contributed by atoms with Crippen LogP contribution in [-0.2, 0) is 16.7 Å². The van der Waals surface area contributed by atoms with Crippen molar-refractivity contribution in [2.45, 2.75) is 43.4 Å². The normalized spacial score (nSPS) is 35.7. The van der Waals surface area contributed by atoms with Crippen molar-refractivity contribution in [3.63, 3.8) is 0 Å². The zero-order valence-electron chi connectivity index (χ0n) is 15.6. The number of rotatable bonds is 2. The van der Waals surface area contributed by atoms with Crippen molar-refractivity contribution in [1.29, 1.82) is 0 Å². The van der Waals surface area contributed by atoms with Gasteiger partial charge in [-0.25, -0.2) is 0 Å². The Balaban J connectivity index is 0.000000527. The van der Waals surface area contributed by atoms with Crippen molar-refractivity contribution in [2.24, 2.45) is 5.92 Å². The molecule has 4 aliphatic rings. The Kier molecular flexibility index (Phi) is 4.34. The molecule has 1 N–H and O–H groups in total. The predicted octanol–water partition coefficient (Wildman–Crippen LogP) is 2.63. The average Bonchev–Trinajstić information content (AvgIpc) is 2.98. The van der Waals surface area contributed by atoms with Crippen molar-refractivity contribution >= 4 is 0 Å². The first kappa shape index (κ1) is 17.6. The highest BCUT2D eigenvalue weighted by Gasteiger charge is 2.64. The molecule has 0 amide bonds. The van der Waals surface area contributed by atoms with Crippen LogP contribution in [0, 0.1) is 5.92 Å². The highest BCUT2D eigenvalue weighted by molar-refractivity contribution is 5.62. The van der Waals surface area contributed by atoms with Crippen molar-refractivity contribution in [3.8, 4) is 11.5 Å². The number of benzene rings is 1. The molecule has 1 fully saturated rings. The fraction of sp³-hybridized carbons (Fsp3) is 0.524. The lowest BCUT2D eigenvalue weighted by Gasteiger charge is -2.56. The molecule has 2 bridgehead atoms. The zero-order valence-corrected chi connectivity index (χ0v) is 15.6. The van der Waals surface area contributed by atoms with Gasteiger partial charge in [0.2, 0.25) is 5.75 Å². The van der Waals surface area contributed by atoms with Crippen LogP contribution in [0.15, 0.2) is 36.9 Å². The SMILES string of the molecule is C=CC.COOc1ccc2c3c1O[C@H]1[C@@H](O)C=C[C@H]4[C@@H](C2)N(C)CC[C@@]341. The van der Waals surface area contributed by atoms with Crippen LogP contribution in [-0.4, -0.2) is 49.0 Å². The minimum Gasteiger partial charge on any atom is -0.482 e. The highest BCUT2D eigenvalue weighted by atomic mass is 17.2. The summed E-state index contributed by atoms with van der Waals surface area (Å²) in [5, 5.41) is 10.6. The van der Waals surface area contributed by atoms with Gasteiger partial charge in [0.1, 0.15) is 12.2 Å². The van der Waals surface area contributed by atoms with E-state index in [1.807, 2.05) is 19.1 Å². The van der Waals surface area contributed by atoms with Gasteiger partial charge >= 0.3 is 0 Å². The third kappa shape index (κ3) is 2.20. The summed E-state index contributed by atoms with van der Waals surface area (Å²) in [7, 11) is 3.70. The Morgan fingerprint density at radius 2 is 2.15 bits per heavy atom. The first-order chi connectivity index (χ1) is 12.6. The van der Waals surface area contributed by atoms with E-state index in [1.54, 1.807) is 6.08 Å². The first-order valence-electron chi connectivity index (χ1n) is 9.25. The van der Waals surface area contributed by atoms with E-state index in [4.69, 9.17) is 14.5 Å². The second-order valence-corrected chi connectivity index (χ2v) is 7.57. The van der Waals surface area contributed by atoms with Gasteiger partial charge in [-0.15, -0.1) is 6.58 Å². The van der Waals surface area contributed by atoms with Crippen molar-refractivity contribution in [3.05, 3.63) is 48.1 Å². The Hall–Kier alpha value is -1.82. The van der Waals surface area contributed by atoms with Gasteiger partial charge < -0.3 is 19.6 Å². The molecular weight excluding hydrogens is 330 g/mol. The smallest absolute Gasteiger partial charge is 0.207 e. The Morgan fingerprint density at radius 3 is 2.88 bits per heavy atom. The molecule has 1 spiro atoms. The number of aliphatic hydroxyl groups is 1. The van der Waals surface area contributed by atoms with Crippen molar-refractivity contribution < 1.29 is 19.6 Å². The standard InChI is InChI=1S/C18H21NO4.C3H6/c1-19-8-7-18-11-4-5-13(20)17(18)22-16-14(23-21-2)6-3-10(15(16)18)9-12(11)19;1-3-2/h3-6,11-13,17,20H,7-9H2,1-2H3;3H,1H2,2H3/t11-,12+,13-,17-,18-;/m0./s1. The molecule has 0 unspecified atom stereocenters. The second kappa shape index (κ2) is 6.41. The fourth-order valence-electron chi connectivity index (χ4n) is 5.38. The summed E-state index contributed by atoms with van der Waals surface area (Å²) in [6.07, 6.45) is 7.07. The number of piperidine rings is 1. The van der Waals surface area contributed by atoms with E-state index in [2.05, 4.69) is 30.7 Å². The molecule has 1 saturated heterocycles. The lowest BCUT2D eigenvalue weighted by atomic mass is 9.53. The molecule has 1 aromatic carbocycles. The maximum Gasteiger partial charge on any atom is 0.207 e. The lowest BCUT2D eigenvalue weighted by molar-refractivity contribution is -0.179. The second-order valence-electron chi connectivity index (χ2n) is 7.57. The van der Waals surface area contributed by atoms with E-state index < -0.39 is 6.10 Å². The van der Waals surface area contributed by atoms with Crippen LogP contribution in [0.25, 0.3) is 0 Å². The summed E-state index contributed by atoms with van der Waals surface area (Å²) in [4.78, 5) is 12.6. The zero-order chi connectivity index (χ0) is 18.5. The van der Waals surface area contributed by atoms with Gasteiger partial charge in [-0.2, -0.15) is 4.89 Å². The molecule has 0 aromatic heterocycles. The quantitative estimate of drug-likeness (QED) is 0.501. The molecule has 0 radical (unpaired) electrons. The largest absolute Gasteiger partial charge is 0.482 e. The monoisotopic (exact) mass is 357 g/mol. The third-order valence-corrected chi connectivity index (χ3v) is 6.31. The molecule has 5 atom stereocenters. The molecule has 140 valence electrons. The van der Waals surface area contributed by atoms with Crippen LogP contribution >= 0.6 is 0 Å². The van der Waals surface area contributed by atoms with Gasteiger partial charge in [-0.3, -0.25) is 0 Å². The molecule has 1 aromatic rings. The average molecular weight is 357 g/mol. The van der Waals surface area contributed by atoms with Crippen LogP contribution in [0.4, 0.5) is 0 Å². The number of nitrogens with zero attached hydrogens (tertiary/aromatic N) is 1. The van der Waals surface area contributed by atoms with E-state index in [9.17, 15) is 5.11 Å². The number of ether oxygens (including phenoxy) is 1. The van der Waals surface area contributed by atoms with E-state index in [-0.39, 0.29) is 11.5 Å². The minimum atomic E-state index is -0.580. The number of aliphatic hydroxyl groups excluding tert-OH is 1. The summed E-state index contributed by atoms with van der Waals surface area (Å²) in [6.45, 7) is 6.27. The lowest BCUT2D eigenvalue weighted by Crippen LogP contribution is -2.64. The fourth-order valence-corrected chi connectivity index (χ4v) is 5.38. The number of likely N-dealkylation sites (N-methyl/N-ethyl adjacent to an activating group) is 1. The number of allylic oxidation sites excluding steroid dienone is 1. The number of hydrogen-bond acceptors (Lipinski definition) is 5. The van der Waals surface area contributed by atoms with E-state index in [0.29, 0.717) is 17.7 Å². The maximum absolute atomic E-state index is 10.6. The molecule has 26 heavy (non-hydrogen) atoms. The van der Waals surface area contributed by atoms with E-state index in [0.717, 1.165) is 25.1 Å². The number of likely N-dealkylation sites (tertiary alicyclic amines) is 1. The molecule has 5 rings (SSSR count). The Bertz CT molecular complexity index is 746. The van der Waals surface area contributed by atoms with E-state index in [1.165, 1.54) is 18.2 Å². The van der Waals surface area contributed by atoms with Gasteiger partial charge in [0.25, 0.3) is 0 Å². The van der Waals surface area contributed by atoms with Gasteiger partial charge in [-0.1, -0.05) is 24.3 Å². The summed E-state index contributed by atoms with van der Waals surface area (Å²) < 4.78 is 6.29. The molecule has 2 heterocycles. The molecule has 2 aliphatic heterocycles. The molecule has 5 nitrogen and oxygen atoms in total. The highest BCUT2D eigenvalue weighted by Crippen LogP contribution is 2.62. The maximum atomic E-state index is 10.6. The van der Waals surface area contributed by atoms with Gasteiger partial charge in [0.05, 0.1) is 7.11 Å². The van der Waals surface area contributed by atoms with Crippen LogP contribution in [0.1, 0.15) is 24.5 Å². The third-order valence-electron chi connectivity index (χ3n) is 6.31. The Morgan fingerprint density at radius 1 is 1.38 bits per heavy atom. The van der Waals surface area contributed by atoms with Crippen LogP contribution in [0.2, 0.25) is 0 Å². The van der Waals surface area contributed by atoms with E-state index >= 15 is 0 Å². The van der Waals surface area contributed by atoms with Gasteiger partial charge in [0.15, 0.2) is 5.75 Å². The van der Waals surface area contributed by atoms with Crippen molar-refractivity contribution in [2.75, 3.05) is 20.7 Å². The summed E-state index contributed by atoms with van der Waals surface area (Å²) in [6, 6.07) is 4.51. The molecule has 5 heteroatoms. The Labute approximate surface area is 154 Å². The summed E-state index contributed by atoms with van der Waals surface area (Å²) >= 11 is 0. The van der Waals surface area contributed by atoms with Crippen LogP contribution in [0.3, 0.4) is 0 Å². The minimum absolute atomic E-state index is 0.138. The van der Waals surface area contributed by atoms with Crippen molar-refractivity contribution in [1.82, 2.24) is 4.90 Å². The molecular formula is C21H27NO4. The first-order valence-corrected chi connectivity index (χ1v) is 9.25. The predicted molar refractivity (Wildman–Crippen MR) is 99.4 cm³/mol.